The number of amides is 2. The fourth-order valence-electron chi connectivity index (χ4n) is 2.92. The molecule has 2 aromatic rings. The molecular weight excluding hydrogens is 390 g/mol. The maximum absolute atomic E-state index is 12.3. The molecule has 156 valence electrons. The molecule has 9 heteroatoms. The van der Waals surface area contributed by atoms with Gasteiger partial charge in [0.1, 0.15) is 5.01 Å². The number of carbonyl (C=O) groups is 2. The summed E-state index contributed by atoms with van der Waals surface area (Å²) >= 11 is 1.31. The Morgan fingerprint density at radius 1 is 1.14 bits per heavy atom. The fraction of sp³-hybridized carbons (Fsp3) is 0.500. The predicted octanol–water partition coefficient (Wildman–Crippen LogP) is 2.05. The second-order valence-corrected chi connectivity index (χ2v) is 8.40. The van der Waals surface area contributed by atoms with Crippen molar-refractivity contribution in [2.45, 2.75) is 20.3 Å². The molecule has 1 saturated heterocycles. The van der Waals surface area contributed by atoms with Crippen LogP contribution in [0.15, 0.2) is 24.3 Å². The summed E-state index contributed by atoms with van der Waals surface area (Å²) in [4.78, 5) is 26.9. The molecule has 1 fully saturated rings. The molecule has 0 spiro atoms. The van der Waals surface area contributed by atoms with E-state index < -0.39 is 0 Å². The number of carbonyl (C=O) groups excluding carboxylic acids is 2. The summed E-state index contributed by atoms with van der Waals surface area (Å²) < 4.78 is 5.31. The lowest BCUT2D eigenvalue weighted by Gasteiger charge is -2.26. The number of nitrogens with zero attached hydrogens (tertiary/aromatic N) is 3. The molecule has 0 aliphatic carbocycles. The van der Waals surface area contributed by atoms with Crippen molar-refractivity contribution in [2.24, 2.45) is 5.92 Å². The van der Waals surface area contributed by atoms with E-state index >= 15 is 0 Å². The minimum atomic E-state index is -0.291. The molecule has 0 radical (unpaired) electrons. The van der Waals surface area contributed by atoms with Crippen molar-refractivity contribution in [3.8, 4) is 0 Å². The first-order valence-corrected chi connectivity index (χ1v) is 10.6. The maximum atomic E-state index is 12.3. The third kappa shape index (κ3) is 6.59. The first-order chi connectivity index (χ1) is 14.0. The molecule has 2 N–H and O–H groups in total. The van der Waals surface area contributed by atoms with Crippen molar-refractivity contribution in [3.05, 3.63) is 39.8 Å². The van der Waals surface area contributed by atoms with Crippen molar-refractivity contribution < 1.29 is 14.3 Å². The molecule has 1 aliphatic rings. The molecule has 3 rings (SSSR count). The first-order valence-electron chi connectivity index (χ1n) is 9.83. The summed E-state index contributed by atoms with van der Waals surface area (Å²) in [5.41, 5.74) is 1.17. The SMILES string of the molecule is CC(C)Cc1nnc(C(=O)Nc2ccc(C(=O)NCCN3CCOCC3)cc2)s1. The Morgan fingerprint density at radius 2 is 1.86 bits per heavy atom. The monoisotopic (exact) mass is 417 g/mol. The second-order valence-electron chi connectivity index (χ2n) is 7.34. The second kappa shape index (κ2) is 10.4. The van der Waals surface area contributed by atoms with Crippen LogP contribution in [0.3, 0.4) is 0 Å². The summed E-state index contributed by atoms with van der Waals surface area (Å²) in [6.45, 7) is 8.89. The van der Waals surface area contributed by atoms with Crippen LogP contribution in [0, 0.1) is 5.92 Å². The zero-order chi connectivity index (χ0) is 20.6. The minimum absolute atomic E-state index is 0.126. The topological polar surface area (TPSA) is 96.5 Å². The van der Waals surface area contributed by atoms with E-state index in [1.54, 1.807) is 24.3 Å². The van der Waals surface area contributed by atoms with Gasteiger partial charge in [0.05, 0.1) is 13.2 Å². The van der Waals surface area contributed by atoms with Gasteiger partial charge in [-0.2, -0.15) is 0 Å². The summed E-state index contributed by atoms with van der Waals surface area (Å²) in [6.07, 6.45) is 0.806. The van der Waals surface area contributed by atoms with Gasteiger partial charge in [-0.25, -0.2) is 0 Å². The van der Waals surface area contributed by atoms with E-state index in [4.69, 9.17) is 4.74 Å². The van der Waals surface area contributed by atoms with E-state index in [0.29, 0.717) is 28.7 Å². The Kier molecular flexibility index (Phi) is 7.68. The highest BCUT2D eigenvalue weighted by molar-refractivity contribution is 7.13. The van der Waals surface area contributed by atoms with Crippen LogP contribution >= 0.6 is 11.3 Å². The molecule has 1 aromatic heterocycles. The van der Waals surface area contributed by atoms with E-state index in [-0.39, 0.29) is 11.8 Å². The summed E-state index contributed by atoms with van der Waals surface area (Å²) in [7, 11) is 0. The number of ether oxygens (including phenoxy) is 1. The molecule has 0 unspecified atom stereocenters. The van der Waals surface area contributed by atoms with Crippen LogP contribution < -0.4 is 10.6 Å². The van der Waals surface area contributed by atoms with Crippen LogP contribution in [0.5, 0.6) is 0 Å². The van der Waals surface area contributed by atoms with Gasteiger partial charge < -0.3 is 15.4 Å². The highest BCUT2D eigenvalue weighted by Gasteiger charge is 2.15. The Bertz CT molecular complexity index is 816. The molecule has 2 amide bonds. The lowest BCUT2D eigenvalue weighted by Crippen LogP contribution is -2.41. The fourth-order valence-corrected chi connectivity index (χ4v) is 3.87. The number of aromatic nitrogens is 2. The van der Waals surface area contributed by atoms with Crippen molar-refractivity contribution in [1.29, 1.82) is 0 Å². The van der Waals surface area contributed by atoms with Crippen LogP contribution in [0.2, 0.25) is 0 Å². The third-order valence-electron chi connectivity index (χ3n) is 4.47. The lowest BCUT2D eigenvalue weighted by molar-refractivity contribution is 0.0383. The van der Waals surface area contributed by atoms with E-state index in [1.165, 1.54) is 11.3 Å². The Balaban J connectivity index is 1.46. The molecular formula is C20H27N5O3S. The average molecular weight is 418 g/mol. The van der Waals surface area contributed by atoms with Gasteiger partial charge in [0.2, 0.25) is 5.01 Å². The van der Waals surface area contributed by atoms with Gasteiger partial charge in [-0.15, -0.1) is 10.2 Å². The number of nitrogens with one attached hydrogen (secondary N) is 2. The van der Waals surface area contributed by atoms with Gasteiger partial charge in [0.15, 0.2) is 0 Å². The van der Waals surface area contributed by atoms with Crippen molar-refractivity contribution in [1.82, 2.24) is 20.4 Å². The molecule has 0 saturated carbocycles. The smallest absolute Gasteiger partial charge is 0.286 e. The van der Waals surface area contributed by atoms with Crippen LogP contribution in [0.1, 0.15) is 39.0 Å². The quantitative estimate of drug-likeness (QED) is 0.682. The van der Waals surface area contributed by atoms with E-state index in [2.05, 4.69) is 39.6 Å². The largest absolute Gasteiger partial charge is 0.379 e. The normalized spacial score (nSPS) is 14.7. The lowest BCUT2D eigenvalue weighted by atomic mass is 10.1. The van der Waals surface area contributed by atoms with Gasteiger partial charge in [0.25, 0.3) is 11.8 Å². The molecule has 2 heterocycles. The summed E-state index contributed by atoms with van der Waals surface area (Å²) in [5, 5.41) is 14.9. The number of anilines is 1. The van der Waals surface area contributed by atoms with Crippen LogP contribution in [0.4, 0.5) is 5.69 Å². The van der Waals surface area contributed by atoms with Crippen LogP contribution in [-0.4, -0.2) is 66.3 Å². The van der Waals surface area contributed by atoms with Gasteiger partial charge in [0, 0.05) is 43.9 Å². The van der Waals surface area contributed by atoms with Crippen molar-refractivity contribution in [2.75, 3.05) is 44.7 Å². The molecule has 0 bridgehead atoms. The molecule has 0 atom stereocenters. The summed E-state index contributed by atoms with van der Waals surface area (Å²) in [6, 6.07) is 6.82. The number of morpholine rings is 1. The minimum Gasteiger partial charge on any atom is -0.379 e. The number of benzene rings is 1. The van der Waals surface area contributed by atoms with Gasteiger partial charge in [-0.05, 0) is 30.2 Å². The Morgan fingerprint density at radius 3 is 2.55 bits per heavy atom. The number of rotatable bonds is 8. The van der Waals surface area contributed by atoms with Crippen molar-refractivity contribution >= 4 is 28.8 Å². The van der Waals surface area contributed by atoms with Crippen LogP contribution in [0.25, 0.3) is 0 Å². The Labute approximate surface area is 174 Å². The zero-order valence-electron chi connectivity index (χ0n) is 16.8. The van der Waals surface area contributed by atoms with Gasteiger partial charge in [-0.3, -0.25) is 14.5 Å². The predicted molar refractivity (Wildman–Crippen MR) is 112 cm³/mol. The Hall–Kier alpha value is -2.36. The van der Waals surface area contributed by atoms with Crippen LogP contribution in [-0.2, 0) is 11.2 Å². The maximum Gasteiger partial charge on any atom is 0.286 e. The van der Waals surface area contributed by atoms with Crippen molar-refractivity contribution in [3.63, 3.8) is 0 Å². The molecule has 29 heavy (non-hydrogen) atoms. The van der Waals surface area contributed by atoms with Gasteiger partial charge >= 0.3 is 0 Å². The first kappa shape index (κ1) is 21.4. The number of hydrogen-bond acceptors (Lipinski definition) is 7. The zero-order valence-corrected chi connectivity index (χ0v) is 17.6. The standard InChI is InChI=1S/C20H27N5O3S/c1-14(2)13-17-23-24-20(29-17)19(27)22-16-5-3-15(4-6-16)18(26)21-7-8-25-9-11-28-12-10-25/h3-6,14H,7-13H2,1-2H3,(H,21,26)(H,22,27). The van der Waals surface area contributed by atoms with E-state index in [1.807, 2.05) is 0 Å². The highest BCUT2D eigenvalue weighted by Crippen LogP contribution is 2.16. The third-order valence-corrected chi connectivity index (χ3v) is 5.41. The summed E-state index contributed by atoms with van der Waals surface area (Å²) in [5.74, 6) is 0.0465. The number of hydrogen-bond donors (Lipinski definition) is 2. The molecule has 1 aromatic carbocycles. The molecule has 8 nitrogen and oxygen atoms in total. The highest BCUT2D eigenvalue weighted by atomic mass is 32.1. The van der Waals surface area contributed by atoms with E-state index in [9.17, 15) is 9.59 Å². The average Bonchev–Trinajstić information content (AvgIpc) is 3.17. The van der Waals surface area contributed by atoms with E-state index in [0.717, 1.165) is 44.3 Å². The molecule has 1 aliphatic heterocycles. The van der Waals surface area contributed by atoms with Gasteiger partial charge in [-0.1, -0.05) is 25.2 Å².